The molecule has 4 aliphatic rings. The number of carbonyl (C=O) groups excluding carboxylic acids is 5. The average Bonchev–Trinajstić information content (AvgIpc) is 3.84. The SMILES string of the molecule is CCCCN1C(=CC=C2C=C(C=CC3=[N+](CCC)c4ccc5ccccc5c4C3(C)C)CC(C(=O)NCCCCCC(=O)ON3C(=O)CCC3=O)(C(=O)NCCS(=O)(=O)O)C2)C(C)(C)c2ccccc21. The van der Waals surface area contributed by atoms with Crippen LogP contribution >= 0.6 is 0 Å². The zero-order chi connectivity index (χ0) is 50.4. The van der Waals surface area contributed by atoms with Gasteiger partial charge in [0.25, 0.3) is 21.9 Å². The lowest BCUT2D eigenvalue weighted by Gasteiger charge is -2.35. The molecule has 7 rings (SSSR count). The molecule has 3 aliphatic heterocycles. The predicted octanol–water partition coefficient (Wildman–Crippen LogP) is 8.58. The molecule has 14 nitrogen and oxygen atoms in total. The number of rotatable bonds is 20. The molecule has 1 unspecified atom stereocenters. The topological polar surface area (TPSA) is 182 Å². The molecule has 70 heavy (non-hydrogen) atoms. The third-order valence-electron chi connectivity index (χ3n) is 14.1. The van der Waals surface area contributed by atoms with Crippen LogP contribution in [0.1, 0.15) is 123 Å². The number of para-hydroxylation sites is 1. The summed E-state index contributed by atoms with van der Waals surface area (Å²) in [4.78, 5) is 73.2. The van der Waals surface area contributed by atoms with E-state index >= 15 is 0 Å². The summed E-state index contributed by atoms with van der Waals surface area (Å²) in [5.41, 5.74) is 5.85. The van der Waals surface area contributed by atoms with Gasteiger partial charge in [0.05, 0.1) is 11.2 Å². The van der Waals surface area contributed by atoms with Crippen molar-refractivity contribution in [3.05, 3.63) is 119 Å². The molecule has 15 heteroatoms. The molecule has 1 atom stereocenters. The number of amides is 4. The Morgan fingerprint density at radius 3 is 2.21 bits per heavy atom. The Bertz CT molecular complexity index is 2820. The van der Waals surface area contributed by atoms with Crippen LogP contribution in [-0.2, 0) is 49.8 Å². The molecule has 0 radical (unpaired) electrons. The van der Waals surface area contributed by atoms with E-state index in [1.165, 1.54) is 16.5 Å². The van der Waals surface area contributed by atoms with Gasteiger partial charge in [0.2, 0.25) is 17.5 Å². The number of imide groups is 1. The fourth-order valence-electron chi connectivity index (χ4n) is 10.5. The van der Waals surface area contributed by atoms with Crippen LogP contribution in [0.3, 0.4) is 0 Å². The van der Waals surface area contributed by atoms with Crippen LogP contribution in [0.2, 0.25) is 0 Å². The quantitative estimate of drug-likeness (QED) is 0.0326. The maximum Gasteiger partial charge on any atom is 0.333 e. The highest BCUT2D eigenvalue weighted by molar-refractivity contribution is 7.85. The van der Waals surface area contributed by atoms with Gasteiger partial charge in [-0.2, -0.15) is 13.0 Å². The summed E-state index contributed by atoms with van der Waals surface area (Å²) in [7, 11) is -4.43. The largest absolute Gasteiger partial charge is 0.355 e. The van der Waals surface area contributed by atoms with Crippen molar-refractivity contribution in [2.45, 2.75) is 123 Å². The molecule has 0 spiro atoms. The molecule has 1 saturated heterocycles. The van der Waals surface area contributed by atoms with E-state index in [2.05, 4.69) is 122 Å². The summed E-state index contributed by atoms with van der Waals surface area (Å²) in [6, 6.07) is 21.2. The van der Waals surface area contributed by atoms with Gasteiger partial charge in [0.15, 0.2) is 5.71 Å². The number of nitrogens with one attached hydrogen (secondary N) is 2. The smallest absolute Gasteiger partial charge is 0.333 e. The lowest BCUT2D eigenvalue weighted by atomic mass is 9.70. The monoisotopic (exact) mass is 974 g/mol. The Morgan fingerprint density at radius 1 is 0.800 bits per heavy atom. The van der Waals surface area contributed by atoms with E-state index in [-0.39, 0.29) is 44.1 Å². The van der Waals surface area contributed by atoms with Gasteiger partial charge >= 0.3 is 5.97 Å². The second-order valence-corrected chi connectivity index (χ2v) is 21.5. The minimum atomic E-state index is -4.43. The highest BCUT2D eigenvalue weighted by Gasteiger charge is 2.49. The van der Waals surface area contributed by atoms with Gasteiger partial charge in [-0.15, -0.1) is 5.06 Å². The molecular formula is C55H68N5O9S+. The second kappa shape index (κ2) is 21.4. The van der Waals surface area contributed by atoms with Crippen LogP contribution in [-0.4, -0.2) is 89.9 Å². The zero-order valence-electron chi connectivity index (χ0n) is 41.4. The Hall–Kier alpha value is -6.19. The summed E-state index contributed by atoms with van der Waals surface area (Å²) in [5, 5.41) is 8.55. The maximum absolute atomic E-state index is 14.9. The Morgan fingerprint density at radius 2 is 1.50 bits per heavy atom. The van der Waals surface area contributed by atoms with Crippen molar-refractivity contribution >= 4 is 67.6 Å². The Labute approximate surface area is 412 Å². The van der Waals surface area contributed by atoms with Crippen LogP contribution < -0.4 is 15.5 Å². The number of benzene rings is 3. The van der Waals surface area contributed by atoms with E-state index in [0.717, 1.165) is 71.7 Å². The van der Waals surface area contributed by atoms with Crippen LogP contribution in [0, 0.1) is 5.41 Å². The van der Waals surface area contributed by atoms with Crippen molar-refractivity contribution in [2.75, 3.05) is 36.8 Å². The molecule has 0 aromatic heterocycles. The molecule has 0 bridgehead atoms. The van der Waals surface area contributed by atoms with Crippen LogP contribution in [0.15, 0.2) is 108 Å². The highest BCUT2D eigenvalue weighted by atomic mass is 32.2. The lowest BCUT2D eigenvalue weighted by molar-refractivity contribution is -0.437. The first kappa shape index (κ1) is 51.7. The highest BCUT2D eigenvalue weighted by Crippen LogP contribution is 2.49. The summed E-state index contributed by atoms with van der Waals surface area (Å²) in [5.74, 6) is -3.75. The van der Waals surface area contributed by atoms with Crippen molar-refractivity contribution in [2.24, 2.45) is 5.41 Å². The molecule has 0 saturated carbocycles. The summed E-state index contributed by atoms with van der Waals surface area (Å²) >= 11 is 0. The van der Waals surface area contributed by atoms with Gasteiger partial charge in [-0.1, -0.05) is 101 Å². The standard InChI is InChI=1S/C55H67N5O9S/c1-7-9-33-59-43-20-15-14-19-42(43)53(3,4)45(59)26-22-38-35-39(23-27-46-54(5,6)50-41-18-13-12-17-40(41)24-25-44(50)58(46)32-8-2)37-55(36-38,52(65)57-31-34-70(66,67)68)51(64)56-30-16-10-11-21-49(63)69-60-47(61)28-29-48(60)62/h12-15,17-20,22-27,35H,7-11,16,21,28-34,36-37H2,1-6H3,(H2-,56,57,64,65,66,67,68)/p+1. The van der Waals surface area contributed by atoms with E-state index in [1.807, 2.05) is 30.4 Å². The molecule has 3 aromatic rings. The third-order valence-corrected chi connectivity index (χ3v) is 14.8. The first-order chi connectivity index (χ1) is 33.3. The van der Waals surface area contributed by atoms with E-state index < -0.39 is 62.8 Å². The summed E-state index contributed by atoms with van der Waals surface area (Å²) in [6.07, 6.45) is 14.4. The molecule has 1 fully saturated rings. The molecule has 372 valence electrons. The number of hydrogen-bond acceptors (Lipinski definition) is 9. The number of anilines is 1. The number of unbranched alkanes of at least 4 members (excludes halogenated alkanes) is 3. The normalized spacial score (nSPS) is 20.7. The van der Waals surface area contributed by atoms with Crippen LogP contribution in [0.25, 0.3) is 10.8 Å². The first-order valence-electron chi connectivity index (χ1n) is 24.7. The van der Waals surface area contributed by atoms with Crippen LogP contribution in [0.5, 0.6) is 0 Å². The van der Waals surface area contributed by atoms with Crippen LogP contribution in [0.4, 0.5) is 11.4 Å². The lowest BCUT2D eigenvalue weighted by Crippen LogP contribution is -2.53. The minimum Gasteiger partial charge on any atom is -0.355 e. The number of nitrogens with zero attached hydrogens (tertiary/aromatic N) is 3. The fourth-order valence-corrected chi connectivity index (χ4v) is 10.9. The van der Waals surface area contributed by atoms with Gasteiger partial charge in [-0.25, -0.2) is 4.79 Å². The molecule has 1 aliphatic carbocycles. The molecule has 3 N–H and O–H groups in total. The number of carbonyl (C=O) groups is 5. The molecule has 4 amide bonds. The molecule has 3 aromatic carbocycles. The van der Waals surface area contributed by atoms with Crippen molar-refractivity contribution in [1.29, 1.82) is 0 Å². The van der Waals surface area contributed by atoms with E-state index in [9.17, 15) is 36.9 Å². The van der Waals surface area contributed by atoms with Crippen molar-refractivity contribution in [1.82, 2.24) is 15.7 Å². The van der Waals surface area contributed by atoms with Crippen molar-refractivity contribution in [3.63, 3.8) is 0 Å². The summed E-state index contributed by atoms with van der Waals surface area (Å²) < 4.78 is 35.6. The van der Waals surface area contributed by atoms with Gasteiger partial charge in [0, 0.05) is 79.8 Å². The maximum atomic E-state index is 14.9. The van der Waals surface area contributed by atoms with Gasteiger partial charge in [0.1, 0.15) is 12.0 Å². The fraction of sp³-hybridized carbons (Fsp3) is 0.455. The molecule has 3 heterocycles. The number of allylic oxidation sites excluding steroid dienone is 8. The average molecular weight is 975 g/mol. The van der Waals surface area contributed by atoms with E-state index in [0.29, 0.717) is 24.3 Å². The van der Waals surface area contributed by atoms with E-state index in [4.69, 9.17) is 4.84 Å². The third kappa shape index (κ3) is 10.9. The van der Waals surface area contributed by atoms with E-state index in [1.54, 1.807) is 0 Å². The van der Waals surface area contributed by atoms with Gasteiger partial charge in [-0.3, -0.25) is 23.7 Å². The number of fused-ring (bicyclic) bond motifs is 4. The zero-order valence-corrected chi connectivity index (χ0v) is 42.3. The number of hydrogen-bond donors (Lipinski definition) is 3. The van der Waals surface area contributed by atoms with Crippen molar-refractivity contribution in [3.8, 4) is 0 Å². The van der Waals surface area contributed by atoms with Gasteiger partial charge < -0.3 is 20.4 Å². The van der Waals surface area contributed by atoms with Crippen molar-refractivity contribution < 1.29 is 46.4 Å². The Balaban J connectivity index is 1.24. The number of hydroxylamine groups is 2. The Kier molecular flexibility index (Phi) is 15.8. The summed E-state index contributed by atoms with van der Waals surface area (Å²) in [6.45, 7) is 14.5. The second-order valence-electron chi connectivity index (χ2n) is 19.9. The molecular weight excluding hydrogens is 907 g/mol. The minimum absolute atomic E-state index is 0.000718. The first-order valence-corrected chi connectivity index (χ1v) is 26.4. The van der Waals surface area contributed by atoms with Gasteiger partial charge in [-0.05, 0) is 91.6 Å². The predicted molar refractivity (Wildman–Crippen MR) is 272 cm³/mol.